The maximum atomic E-state index is 12.4. The number of carbonyl (C=O) groups is 2. The number of amides is 1. The predicted octanol–water partition coefficient (Wildman–Crippen LogP) is 0.273. The summed E-state index contributed by atoms with van der Waals surface area (Å²) in [6.45, 7) is 2.15. The molecule has 0 saturated carbocycles. The van der Waals surface area contributed by atoms with E-state index in [2.05, 4.69) is 21.6 Å². The molecular formula is C15H19N3O3. The summed E-state index contributed by atoms with van der Waals surface area (Å²) in [5, 5.41) is 0. The highest BCUT2D eigenvalue weighted by Gasteiger charge is 2.21. The van der Waals surface area contributed by atoms with E-state index in [1.165, 1.54) is 18.2 Å². The van der Waals surface area contributed by atoms with E-state index in [0.29, 0.717) is 5.56 Å². The summed E-state index contributed by atoms with van der Waals surface area (Å²) in [6.07, 6.45) is 1.53. The zero-order valence-electron chi connectivity index (χ0n) is 12.4. The Morgan fingerprint density at radius 1 is 1.52 bits per heavy atom. The Morgan fingerprint density at radius 3 is 2.86 bits per heavy atom. The molecule has 0 aliphatic heterocycles. The molecule has 1 atom stereocenters. The van der Waals surface area contributed by atoms with Gasteiger partial charge in [-0.05, 0) is 12.1 Å². The van der Waals surface area contributed by atoms with E-state index in [0.717, 1.165) is 0 Å². The van der Waals surface area contributed by atoms with Crippen molar-refractivity contribution in [2.45, 2.75) is 6.92 Å². The normalized spacial score (nSPS) is 11.0. The number of hydrogen-bond donors (Lipinski definition) is 1. The van der Waals surface area contributed by atoms with Crippen LogP contribution >= 0.6 is 0 Å². The quantitative estimate of drug-likeness (QED) is 0.635. The van der Waals surface area contributed by atoms with E-state index in [1.54, 1.807) is 26.1 Å². The fraction of sp³-hybridized carbons (Fsp3) is 0.400. The molecule has 2 N–H and O–H groups in total. The van der Waals surface area contributed by atoms with Crippen molar-refractivity contribution in [3.8, 4) is 11.8 Å². The van der Waals surface area contributed by atoms with Gasteiger partial charge in [-0.15, -0.1) is 0 Å². The largest absolute Gasteiger partial charge is 0.469 e. The molecule has 0 spiro atoms. The maximum absolute atomic E-state index is 12.4. The summed E-state index contributed by atoms with van der Waals surface area (Å²) in [5.41, 5.74) is 6.10. The zero-order chi connectivity index (χ0) is 15.8. The van der Waals surface area contributed by atoms with Crippen LogP contribution in [0.25, 0.3) is 0 Å². The second-order valence-corrected chi connectivity index (χ2v) is 4.52. The zero-order valence-corrected chi connectivity index (χ0v) is 12.4. The highest BCUT2D eigenvalue weighted by atomic mass is 16.5. The lowest BCUT2D eigenvalue weighted by molar-refractivity contribution is -0.145. The van der Waals surface area contributed by atoms with E-state index in [9.17, 15) is 9.59 Å². The summed E-state index contributed by atoms with van der Waals surface area (Å²) in [5.74, 6) is 4.45. The van der Waals surface area contributed by atoms with Gasteiger partial charge in [0.05, 0.1) is 25.1 Å². The van der Waals surface area contributed by atoms with Crippen molar-refractivity contribution in [1.29, 1.82) is 0 Å². The number of pyridine rings is 1. The van der Waals surface area contributed by atoms with E-state index >= 15 is 0 Å². The molecule has 0 fully saturated rings. The Hall–Kier alpha value is -2.39. The summed E-state index contributed by atoms with van der Waals surface area (Å²) < 4.78 is 4.65. The van der Waals surface area contributed by atoms with Gasteiger partial charge < -0.3 is 15.4 Å². The Bertz CT molecular complexity index is 575. The fourth-order valence-corrected chi connectivity index (χ4v) is 1.77. The SMILES string of the molecule is COC(=O)C(C)CN(C)C(=O)c1ncccc1C#CCN. The number of aromatic nitrogens is 1. The summed E-state index contributed by atoms with van der Waals surface area (Å²) in [6, 6.07) is 3.41. The van der Waals surface area contributed by atoms with Crippen molar-refractivity contribution in [1.82, 2.24) is 9.88 Å². The Balaban J connectivity index is 2.90. The molecule has 21 heavy (non-hydrogen) atoms. The average molecular weight is 289 g/mol. The molecule has 6 nitrogen and oxygen atoms in total. The van der Waals surface area contributed by atoms with Gasteiger partial charge in [-0.3, -0.25) is 9.59 Å². The third-order valence-electron chi connectivity index (χ3n) is 2.83. The Kier molecular flexibility index (Phi) is 6.37. The second kappa shape index (κ2) is 8.02. The van der Waals surface area contributed by atoms with Crippen LogP contribution in [-0.4, -0.2) is 49.0 Å². The molecule has 1 aromatic heterocycles. The van der Waals surface area contributed by atoms with Crippen molar-refractivity contribution >= 4 is 11.9 Å². The number of methoxy groups -OCH3 is 1. The summed E-state index contributed by atoms with van der Waals surface area (Å²) >= 11 is 0. The van der Waals surface area contributed by atoms with Crippen LogP contribution in [0.15, 0.2) is 18.3 Å². The molecule has 112 valence electrons. The summed E-state index contributed by atoms with van der Waals surface area (Å²) in [4.78, 5) is 29.3. The van der Waals surface area contributed by atoms with Gasteiger partial charge >= 0.3 is 5.97 Å². The minimum atomic E-state index is -0.411. The molecule has 1 aromatic rings. The van der Waals surface area contributed by atoms with Crippen LogP contribution in [0.1, 0.15) is 23.0 Å². The molecule has 1 rings (SSSR count). The van der Waals surface area contributed by atoms with Crippen LogP contribution in [0, 0.1) is 17.8 Å². The number of esters is 1. The van der Waals surface area contributed by atoms with Crippen LogP contribution in [-0.2, 0) is 9.53 Å². The van der Waals surface area contributed by atoms with Crippen LogP contribution in [0.2, 0.25) is 0 Å². The fourth-order valence-electron chi connectivity index (χ4n) is 1.77. The van der Waals surface area contributed by atoms with Crippen LogP contribution < -0.4 is 5.73 Å². The smallest absolute Gasteiger partial charge is 0.310 e. The number of ether oxygens (including phenoxy) is 1. The van der Waals surface area contributed by atoms with Crippen molar-refractivity contribution in [2.75, 3.05) is 27.2 Å². The molecule has 0 aromatic carbocycles. The highest BCUT2D eigenvalue weighted by Crippen LogP contribution is 2.09. The first-order valence-corrected chi connectivity index (χ1v) is 6.48. The first-order chi connectivity index (χ1) is 10.0. The minimum absolute atomic E-state index is 0.206. The third kappa shape index (κ3) is 4.58. The molecular weight excluding hydrogens is 270 g/mol. The van der Waals surface area contributed by atoms with Crippen molar-refractivity contribution in [2.24, 2.45) is 11.7 Å². The van der Waals surface area contributed by atoms with Gasteiger partial charge in [0.25, 0.3) is 5.91 Å². The first-order valence-electron chi connectivity index (χ1n) is 6.48. The number of nitrogens with zero attached hydrogens (tertiary/aromatic N) is 2. The molecule has 1 amide bonds. The standard InChI is InChI=1S/C15H19N3O3/c1-11(15(20)21-3)10-18(2)14(19)13-12(6-4-8-16)7-5-9-17-13/h5,7,9,11H,8,10,16H2,1-3H3. The molecule has 1 unspecified atom stereocenters. The van der Waals surface area contributed by atoms with Gasteiger partial charge in [-0.25, -0.2) is 4.98 Å². The molecule has 0 aliphatic carbocycles. The molecule has 6 heteroatoms. The van der Waals surface area contributed by atoms with Crippen LogP contribution in [0.3, 0.4) is 0 Å². The maximum Gasteiger partial charge on any atom is 0.310 e. The van der Waals surface area contributed by atoms with Crippen LogP contribution in [0.5, 0.6) is 0 Å². The molecule has 1 heterocycles. The topological polar surface area (TPSA) is 85.5 Å². The summed E-state index contributed by atoms with van der Waals surface area (Å²) in [7, 11) is 2.93. The van der Waals surface area contributed by atoms with Crippen molar-refractivity contribution in [3.05, 3.63) is 29.6 Å². The van der Waals surface area contributed by atoms with Gasteiger partial charge in [0.1, 0.15) is 5.69 Å². The Morgan fingerprint density at radius 2 is 2.24 bits per heavy atom. The monoisotopic (exact) mass is 289 g/mol. The van der Waals surface area contributed by atoms with E-state index in [1.807, 2.05) is 0 Å². The van der Waals surface area contributed by atoms with Gasteiger partial charge in [0.15, 0.2) is 0 Å². The highest BCUT2D eigenvalue weighted by molar-refractivity contribution is 5.94. The predicted molar refractivity (Wildman–Crippen MR) is 78.3 cm³/mol. The van der Waals surface area contributed by atoms with Crippen molar-refractivity contribution < 1.29 is 14.3 Å². The molecule has 0 bridgehead atoms. The Labute approximate surface area is 124 Å². The number of rotatable bonds is 4. The van der Waals surface area contributed by atoms with E-state index in [4.69, 9.17) is 5.73 Å². The van der Waals surface area contributed by atoms with Gasteiger partial charge in [0, 0.05) is 19.8 Å². The molecule has 0 aliphatic rings. The van der Waals surface area contributed by atoms with Gasteiger partial charge in [-0.1, -0.05) is 18.8 Å². The first kappa shape index (κ1) is 16.7. The van der Waals surface area contributed by atoms with E-state index < -0.39 is 5.92 Å². The minimum Gasteiger partial charge on any atom is -0.469 e. The number of carbonyl (C=O) groups excluding carboxylic acids is 2. The molecule has 0 radical (unpaired) electrons. The van der Waals surface area contributed by atoms with Crippen LogP contribution in [0.4, 0.5) is 0 Å². The lowest BCUT2D eigenvalue weighted by atomic mass is 10.1. The lowest BCUT2D eigenvalue weighted by Gasteiger charge is -2.20. The van der Waals surface area contributed by atoms with Crippen molar-refractivity contribution in [3.63, 3.8) is 0 Å². The molecule has 0 saturated heterocycles. The second-order valence-electron chi connectivity index (χ2n) is 4.52. The van der Waals surface area contributed by atoms with Gasteiger partial charge in [0.2, 0.25) is 0 Å². The number of hydrogen-bond acceptors (Lipinski definition) is 5. The van der Waals surface area contributed by atoms with Gasteiger partial charge in [-0.2, -0.15) is 0 Å². The third-order valence-corrected chi connectivity index (χ3v) is 2.83. The van der Waals surface area contributed by atoms with E-state index in [-0.39, 0.29) is 30.7 Å². The lowest BCUT2D eigenvalue weighted by Crippen LogP contribution is -2.35. The number of nitrogens with two attached hydrogens (primary N) is 1. The average Bonchev–Trinajstić information content (AvgIpc) is 2.51.